The van der Waals surface area contributed by atoms with Crippen LogP contribution in [0.2, 0.25) is 0 Å². The Labute approximate surface area is 103 Å². The molecule has 1 aromatic rings. The lowest BCUT2D eigenvalue weighted by Crippen LogP contribution is -2.31. The number of alkyl halides is 3. The van der Waals surface area contributed by atoms with Crippen molar-refractivity contribution in [2.45, 2.75) is 31.8 Å². The van der Waals surface area contributed by atoms with E-state index in [4.69, 9.17) is 0 Å². The summed E-state index contributed by atoms with van der Waals surface area (Å²) in [6, 6.07) is 1.60. The topological polar surface area (TPSA) is 59.1 Å². The molecule has 1 rings (SSSR count). The van der Waals surface area contributed by atoms with Gasteiger partial charge in [-0.2, -0.15) is 13.2 Å². The van der Waals surface area contributed by atoms with E-state index >= 15 is 0 Å². The summed E-state index contributed by atoms with van der Waals surface area (Å²) in [5.41, 5.74) is -0.836. The standard InChI is InChI=1S/C10H13F3N2O2S/c1-7(2)15-18(16,17)6-9-4-3-8(5-14-9)10(11,12)13/h3-5,7,15H,6H2,1-2H3. The minimum Gasteiger partial charge on any atom is -0.260 e. The van der Waals surface area contributed by atoms with E-state index in [1.807, 2.05) is 0 Å². The number of halogens is 3. The highest BCUT2D eigenvalue weighted by molar-refractivity contribution is 7.88. The molecule has 18 heavy (non-hydrogen) atoms. The van der Waals surface area contributed by atoms with Gasteiger partial charge in [-0.3, -0.25) is 4.98 Å². The van der Waals surface area contributed by atoms with Crippen LogP contribution in [0.4, 0.5) is 13.2 Å². The minimum absolute atomic E-state index is 0.0659. The van der Waals surface area contributed by atoms with E-state index in [0.29, 0.717) is 6.20 Å². The van der Waals surface area contributed by atoms with Crippen LogP contribution in [0.1, 0.15) is 25.1 Å². The van der Waals surface area contributed by atoms with Gasteiger partial charge < -0.3 is 0 Å². The summed E-state index contributed by atoms with van der Waals surface area (Å²) in [5.74, 6) is -0.441. The van der Waals surface area contributed by atoms with Gasteiger partial charge in [-0.05, 0) is 26.0 Å². The monoisotopic (exact) mass is 282 g/mol. The van der Waals surface area contributed by atoms with Crippen molar-refractivity contribution in [3.05, 3.63) is 29.6 Å². The predicted octanol–water partition coefficient (Wildman–Crippen LogP) is 1.93. The number of aromatic nitrogens is 1. The van der Waals surface area contributed by atoms with Crippen LogP contribution in [0, 0.1) is 0 Å². The second kappa shape index (κ2) is 5.23. The fraction of sp³-hybridized carbons (Fsp3) is 0.500. The quantitative estimate of drug-likeness (QED) is 0.918. The molecule has 0 radical (unpaired) electrons. The molecule has 0 aromatic carbocycles. The molecular formula is C10H13F3N2O2S. The Morgan fingerprint density at radius 2 is 1.94 bits per heavy atom. The van der Waals surface area contributed by atoms with Gasteiger partial charge in [-0.25, -0.2) is 13.1 Å². The number of hydrogen-bond acceptors (Lipinski definition) is 3. The predicted molar refractivity (Wildman–Crippen MR) is 60.1 cm³/mol. The van der Waals surface area contributed by atoms with Crippen molar-refractivity contribution in [1.29, 1.82) is 0 Å². The molecule has 0 saturated carbocycles. The van der Waals surface area contributed by atoms with Gasteiger partial charge in [0.15, 0.2) is 0 Å². The third-order valence-electron chi connectivity index (χ3n) is 1.91. The summed E-state index contributed by atoms with van der Waals surface area (Å²) in [4.78, 5) is 3.50. The van der Waals surface area contributed by atoms with Crippen molar-refractivity contribution >= 4 is 10.0 Å². The molecule has 0 saturated heterocycles. The van der Waals surface area contributed by atoms with Crippen molar-refractivity contribution in [3.63, 3.8) is 0 Å². The average Bonchev–Trinajstić information content (AvgIpc) is 2.13. The van der Waals surface area contributed by atoms with Gasteiger partial charge in [0, 0.05) is 12.2 Å². The van der Waals surface area contributed by atoms with Crippen molar-refractivity contribution in [2.75, 3.05) is 0 Å². The Morgan fingerprint density at radius 3 is 2.33 bits per heavy atom. The largest absolute Gasteiger partial charge is 0.417 e. The first-order valence-corrected chi connectivity index (χ1v) is 6.77. The zero-order valence-corrected chi connectivity index (χ0v) is 10.6. The minimum atomic E-state index is -4.47. The van der Waals surface area contributed by atoms with Crippen LogP contribution >= 0.6 is 0 Å². The third-order valence-corrected chi connectivity index (χ3v) is 3.41. The van der Waals surface area contributed by atoms with Crippen LogP contribution in [-0.4, -0.2) is 19.4 Å². The lowest BCUT2D eigenvalue weighted by Gasteiger charge is -2.10. The molecule has 0 bridgehead atoms. The van der Waals surface area contributed by atoms with Gasteiger partial charge >= 0.3 is 6.18 Å². The first-order chi connectivity index (χ1) is 8.10. The Bertz CT molecular complexity index is 495. The Morgan fingerprint density at radius 1 is 1.33 bits per heavy atom. The normalized spacial score (nSPS) is 13.0. The van der Waals surface area contributed by atoms with Crippen LogP contribution in [0.3, 0.4) is 0 Å². The number of sulfonamides is 1. The van der Waals surface area contributed by atoms with Crippen molar-refractivity contribution in [1.82, 2.24) is 9.71 Å². The van der Waals surface area contributed by atoms with Gasteiger partial charge in [-0.1, -0.05) is 0 Å². The molecule has 102 valence electrons. The van der Waals surface area contributed by atoms with Crippen molar-refractivity contribution in [2.24, 2.45) is 0 Å². The number of nitrogens with zero attached hydrogens (tertiary/aromatic N) is 1. The van der Waals surface area contributed by atoms with Crippen molar-refractivity contribution in [3.8, 4) is 0 Å². The highest BCUT2D eigenvalue weighted by Gasteiger charge is 2.30. The molecule has 0 fully saturated rings. The van der Waals surface area contributed by atoms with Crippen molar-refractivity contribution < 1.29 is 21.6 Å². The maximum absolute atomic E-state index is 12.3. The molecule has 0 amide bonds. The second-order valence-corrected chi connectivity index (χ2v) is 5.82. The Balaban J connectivity index is 2.82. The summed E-state index contributed by atoms with van der Waals surface area (Å²) in [6.07, 6.45) is -3.85. The first kappa shape index (κ1) is 14.9. The summed E-state index contributed by atoms with van der Waals surface area (Å²) in [5, 5.41) is 0. The molecule has 0 aliphatic heterocycles. The molecule has 1 aromatic heterocycles. The van der Waals surface area contributed by atoms with Gasteiger partial charge in [0.05, 0.1) is 11.3 Å². The summed E-state index contributed by atoms with van der Waals surface area (Å²) < 4.78 is 62.1. The molecule has 4 nitrogen and oxygen atoms in total. The molecule has 0 atom stereocenters. The summed E-state index contributed by atoms with van der Waals surface area (Å²) in [7, 11) is -3.58. The highest BCUT2D eigenvalue weighted by atomic mass is 32.2. The van der Waals surface area contributed by atoms with Crippen LogP contribution in [0.25, 0.3) is 0 Å². The van der Waals surface area contributed by atoms with E-state index in [2.05, 4.69) is 9.71 Å². The second-order valence-electron chi connectivity index (χ2n) is 4.07. The number of pyridine rings is 1. The number of rotatable bonds is 4. The molecule has 1 N–H and O–H groups in total. The number of hydrogen-bond donors (Lipinski definition) is 1. The van der Waals surface area contributed by atoms with Crippen LogP contribution in [0.5, 0.6) is 0 Å². The van der Waals surface area contributed by atoms with Crippen LogP contribution in [0.15, 0.2) is 18.3 Å². The zero-order chi connectivity index (χ0) is 14.0. The molecule has 0 aliphatic rings. The van der Waals surface area contributed by atoms with E-state index in [-0.39, 0.29) is 11.7 Å². The fourth-order valence-electron chi connectivity index (χ4n) is 1.27. The molecule has 0 spiro atoms. The smallest absolute Gasteiger partial charge is 0.260 e. The Hall–Kier alpha value is -1.15. The maximum atomic E-state index is 12.3. The molecule has 1 heterocycles. The van der Waals surface area contributed by atoms with E-state index < -0.39 is 27.5 Å². The van der Waals surface area contributed by atoms with Crippen LogP contribution < -0.4 is 4.72 Å². The SMILES string of the molecule is CC(C)NS(=O)(=O)Cc1ccc(C(F)(F)F)cn1. The van der Waals surface area contributed by atoms with E-state index in [1.165, 1.54) is 0 Å². The molecule has 8 heteroatoms. The van der Waals surface area contributed by atoms with Gasteiger partial charge in [0.25, 0.3) is 0 Å². The zero-order valence-electron chi connectivity index (χ0n) is 9.82. The van der Waals surface area contributed by atoms with Gasteiger partial charge in [0.1, 0.15) is 5.75 Å². The van der Waals surface area contributed by atoms with E-state index in [0.717, 1.165) is 12.1 Å². The number of nitrogens with one attached hydrogen (secondary N) is 1. The summed E-state index contributed by atoms with van der Waals surface area (Å²) in [6.45, 7) is 3.30. The molecular weight excluding hydrogens is 269 g/mol. The maximum Gasteiger partial charge on any atom is 0.417 e. The fourth-order valence-corrected chi connectivity index (χ4v) is 2.63. The molecule has 0 unspecified atom stereocenters. The average molecular weight is 282 g/mol. The van der Waals surface area contributed by atoms with Gasteiger partial charge in [0.2, 0.25) is 10.0 Å². The summed E-state index contributed by atoms with van der Waals surface area (Å²) >= 11 is 0. The highest BCUT2D eigenvalue weighted by Crippen LogP contribution is 2.28. The Kier molecular flexibility index (Phi) is 4.33. The molecule has 0 aliphatic carbocycles. The third kappa shape index (κ3) is 4.61. The lowest BCUT2D eigenvalue weighted by atomic mass is 10.2. The lowest BCUT2D eigenvalue weighted by molar-refractivity contribution is -0.137. The van der Waals surface area contributed by atoms with E-state index in [9.17, 15) is 21.6 Å². The van der Waals surface area contributed by atoms with Crippen LogP contribution in [-0.2, 0) is 22.0 Å². The first-order valence-electron chi connectivity index (χ1n) is 5.12. The van der Waals surface area contributed by atoms with E-state index in [1.54, 1.807) is 13.8 Å². The van der Waals surface area contributed by atoms with Gasteiger partial charge in [-0.15, -0.1) is 0 Å².